The zero-order valence-corrected chi connectivity index (χ0v) is 18.3. The molecule has 0 aliphatic carbocycles. The van der Waals surface area contributed by atoms with Gasteiger partial charge in [0.05, 0.1) is 39.1 Å². The van der Waals surface area contributed by atoms with Crippen LogP contribution >= 0.6 is 11.6 Å². The van der Waals surface area contributed by atoms with Crippen molar-refractivity contribution in [3.05, 3.63) is 76.1 Å². The molecule has 31 heavy (non-hydrogen) atoms. The number of nitrogens with zero attached hydrogens (tertiary/aromatic N) is 2. The van der Waals surface area contributed by atoms with Crippen LogP contribution < -0.4 is 14.8 Å². The van der Waals surface area contributed by atoms with Gasteiger partial charge in [0.2, 0.25) is 0 Å². The van der Waals surface area contributed by atoms with Crippen LogP contribution in [-0.4, -0.2) is 29.9 Å². The topological polar surface area (TPSA) is 74.6 Å². The summed E-state index contributed by atoms with van der Waals surface area (Å²) in [6, 6.07) is 14.7. The molecule has 1 N–H and O–H groups in total. The zero-order chi connectivity index (χ0) is 22.0. The van der Waals surface area contributed by atoms with E-state index in [1.807, 2.05) is 54.1 Å². The Morgan fingerprint density at radius 2 is 1.90 bits per heavy atom. The van der Waals surface area contributed by atoms with Gasteiger partial charge in [-0.2, -0.15) is 5.10 Å². The number of hydrogen-bond acceptors (Lipinski definition) is 5. The van der Waals surface area contributed by atoms with E-state index in [-0.39, 0.29) is 18.1 Å². The summed E-state index contributed by atoms with van der Waals surface area (Å²) in [5.74, 6) is 1.01. The second kappa shape index (κ2) is 8.99. The van der Waals surface area contributed by atoms with Crippen LogP contribution in [0.1, 0.15) is 46.4 Å². The Hall–Kier alpha value is -3.03. The number of rotatable bonds is 6. The highest BCUT2D eigenvalue weighted by molar-refractivity contribution is 6.30. The Bertz CT molecular complexity index is 1080. The summed E-state index contributed by atoms with van der Waals surface area (Å²) in [6.07, 6.45) is -0.133. The molecular weight excluding hydrogens is 418 g/mol. The van der Waals surface area contributed by atoms with Gasteiger partial charge in [-0.05, 0) is 48.4 Å². The summed E-state index contributed by atoms with van der Waals surface area (Å²) in [6.45, 7) is 2.84. The Labute approximate surface area is 185 Å². The number of carbonyl (C=O) groups is 1. The first-order chi connectivity index (χ1) is 15.0. The lowest BCUT2D eigenvalue weighted by atomic mass is 10.1. The molecule has 1 amide bonds. The number of ether oxygens (including phenoxy) is 3. The van der Waals surface area contributed by atoms with Crippen molar-refractivity contribution in [3.8, 4) is 11.5 Å². The minimum atomic E-state index is -0.243. The molecule has 162 valence electrons. The number of methoxy groups -OCH3 is 2. The third kappa shape index (κ3) is 4.52. The van der Waals surface area contributed by atoms with Gasteiger partial charge in [0.25, 0.3) is 5.91 Å². The van der Waals surface area contributed by atoms with E-state index < -0.39 is 0 Å². The van der Waals surface area contributed by atoms with Crippen molar-refractivity contribution in [3.63, 3.8) is 0 Å². The molecule has 1 aromatic heterocycles. The zero-order valence-electron chi connectivity index (χ0n) is 17.6. The van der Waals surface area contributed by atoms with Crippen LogP contribution in [0.4, 0.5) is 0 Å². The molecule has 2 aromatic carbocycles. The van der Waals surface area contributed by atoms with Gasteiger partial charge in [-0.3, -0.25) is 9.48 Å². The van der Waals surface area contributed by atoms with Crippen LogP contribution in [0, 0.1) is 0 Å². The van der Waals surface area contributed by atoms with Gasteiger partial charge in [0, 0.05) is 5.02 Å². The van der Waals surface area contributed by atoms with Crippen molar-refractivity contribution < 1.29 is 19.0 Å². The van der Waals surface area contributed by atoms with Gasteiger partial charge in [-0.25, -0.2) is 0 Å². The van der Waals surface area contributed by atoms with Gasteiger partial charge < -0.3 is 19.5 Å². The number of amides is 1. The van der Waals surface area contributed by atoms with E-state index in [0.717, 1.165) is 16.8 Å². The first-order valence-electron chi connectivity index (χ1n) is 9.95. The van der Waals surface area contributed by atoms with Crippen molar-refractivity contribution in [2.45, 2.75) is 32.2 Å². The molecule has 4 rings (SSSR count). The summed E-state index contributed by atoms with van der Waals surface area (Å²) >= 11 is 5.97. The van der Waals surface area contributed by atoms with E-state index in [0.29, 0.717) is 35.4 Å². The van der Waals surface area contributed by atoms with Crippen molar-refractivity contribution in [1.82, 2.24) is 15.1 Å². The molecule has 8 heteroatoms. The molecule has 0 unspecified atom stereocenters. The molecule has 1 aliphatic rings. The summed E-state index contributed by atoms with van der Waals surface area (Å²) in [4.78, 5) is 12.8. The number of benzene rings is 2. The van der Waals surface area contributed by atoms with Crippen molar-refractivity contribution in [1.29, 1.82) is 0 Å². The Balaban J connectivity index is 1.45. The number of fused-ring (bicyclic) bond motifs is 1. The quantitative estimate of drug-likeness (QED) is 0.616. The number of nitrogens with one attached hydrogen (secondary N) is 1. The van der Waals surface area contributed by atoms with Gasteiger partial charge >= 0.3 is 0 Å². The number of halogens is 1. The Morgan fingerprint density at radius 3 is 2.61 bits per heavy atom. The number of aromatic nitrogens is 2. The lowest BCUT2D eigenvalue weighted by Gasteiger charge is -2.24. The Kier molecular flexibility index (Phi) is 6.15. The summed E-state index contributed by atoms with van der Waals surface area (Å²) < 4.78 is 18.4. The van der Waals surface area contributed by atoms with Crippen LogP contribution in [-0.2, 0) is 17.9 Å². The predicted molar refractivity (Wildman–Crippen MR) is 117 cm³/mol. The molecule has 7 nitrogen and oxygen atoms in total. The normalized spacial score (nSPS) is 16.3. The molecular formula is C23H24ClN3O4. The van der Waals surface area contributed by atoms with Gasteiger partial charge in [-0.15, -0.1) is 0 Å². The average molecular weight is 442 g/mol. The molecule has 0 fully saturated rings. The first-order valence-corrected chi connectivity index (χ1v) is 10.3. The molecule has 0 spiro atoms. The molecule has 2 heterocycles. The first kappa shape index (κ1) is 21.2. The summed E-state index contributed by atoms with van der Waals surface area (Å²) in [7, 11) is 3.17. The molecule has 0 bridgehead atoms. The maximum Gasteiger partial charge on any atom is 0.272 e. The largest absolute Gasteiger partial charge is 0.493 e. The van der Waals surface area contributed by atoms with Crippen molar-refractivity contribution >= 4 is 17.5 Å². The highest BCUT2D eigenvalue weighted by atomic mass is 35.5. The lowest BCUT2D eigenvalue weighted by molar-refractivity contribution is -0.00119. The monoisotopic (exact) mass is 441 g/mol. The molecule has 2 atom stereocenters. The molecule has 0 saturated heterocycles. The van der Waals surface area contributed by atoms with Crippen LogP contribution in [0.5, 0.6) is 11.5 Å². The maximum absolute atomic E-state index is 12.8. The van der Waals surface area contributed by atoms with Crippen LogP contribution in [0.15, 0.2) is 48.5 Å². The average Bonchev–Trinajstić information content (AvgIpc) is 3.22. The van der Waals surface area contributed by atoms with E-state index in [2.05, 4.69) is 10.4 Å². The molecule has 0 radical (unpaired) electrons. The SMILES string of the molecule is COc1ccc([C@@H](C)NC(=O)c2cc3n(n2)C[C@H](c2ccc(Cl)cc2)OC3)cc1OC. The smallest absolute Gasteiger partial charge is 0.272 e. The second-order valence-corrected chi connectivity index (χ2v) is 7.80. The number of hydrogen-bond donors (Lipinski definition) is 1. The molecule has 1 aliphatic heterocycles. The van der Waals surface area contributed by atoms with Gasteiger partial charge in [0.1, 0.15) is 6.10 Å². The van der Waals surface area contributed by atoms with Crippen LogP contribution in [0.25, 0.3) is 0 Å². The Morgan fingerprint density at radius 1 is 1.16 bits per heavy atom. The minimum Gasteiger partial charge on any atom is -0.493 e. The highest BCUT2D eigenvalue weighted by Crippen LogP contribution is 2.30. The highest BCUT2D eigenvalue weighted by Gasteiger charge is 2.25. The van der Waals surface area contributed by atoms with Crippen LogP contribution in [0.3, 0.4) is 0 Å². The van der Waals surface area contributed by atoms with Gasteiger partial charge in [-0.1, -0.05) is 29.8 Å². The number of carbonyl (C=O) groups excluding carboxylic acids is 1. The van der Waals surface area contributed by atoms with E-state index in [4.69, 9.17) is 25.8 Å². The fraction of sp³-hybridized carbons (Fsp3) is 0.304. The van der Waals surface area contributed by atoms with Crippen molar-refractivity contribution in [2.24, 2.45) is 0 Å². The standard InChI is InChI=1S/C23H24ClN3O4/c1-14(16-6-9-20(29-2)21(10-16)30-3)25-23(28)19-11-18-13-31-22(12-27(18)26-19)15-4-7-17(24)8-5-15/h4-11,14,22H,12-13H2,1-3H3,(H,25,28)/t14-,22-/m1/s1. The fourth-order valence-corrected chi connectivity index (χ4v) is 3.72. The maximum atomic E-state index is 12.8. The van der Waals surface area contributed by atoms with Gasteiger partial charge in [0.15, 0.2) is 17.2 Å². The predicted octanol–water partition coefficient (Wildman–Crippen LogP) is 4.32. The summed E-state index contributed by atoms with van der Waals surface area (Å²) in [5.41, 5.74) is 3.16. The van der Waals surface area contributed by atoms with Crippen molar-refractivity contribution in [2.75, 3.05) is 14.2 Å². The molecule has 0 saturated carbocycles. The minimum absolute atomic E-state index is 0.133. The van der Waals surface area contributed by atoms with E-state index in [1.165, 1.54) is 0 Å². The van der Waals surface area contributed by atoms with Crippen LogP contribution in [0.2, 0.25) is 5.02 Å². The third-order valence-corrected chi connectivity index (χ3v) is 5.62. The third-order valence-electron chi connectivity index (χ3n) is 5.36. The lowest BCUT2D eigenvalue weighted by Crippen LogP contribution is -2.27. The fourth-order valence-electron chi connectivity index (χ4n) is 3.59. The van der Waals surface area contributed by atoms with E-state index in [9.17, 15) is 4.79 Å². The second-order valence-electron chi connectivity index (χ2n) is 7.36. The summed E-state index contributed by atoms with van der Waals surface area (Å²) in [5, 5.41) is 8.18. The van der Waals surface area contributed by atoms with E-state index >= 15 is 0 Å². The van der Waals surface area contributed by atoms with E-state index in [1.54, 1.807) is 20.3 Å². The molecule has 3 aromatic rings.